The Morgan fingerprint density at radius 3 is 3.04 bits per heavy atom. The molecule has 5 nitrogen and oxygen atoms in total. The van der Waals surface area contributed by atoms with E-state index in [1.807, 2.05) is 30.7 Å². The van der Waals surface area contributed by atoms with E-state index in [0.717, 1.165) is 42.7 Å². The maximum Gasteiger partial charge on any atom is 0.130 e. The Morgan fingerprint density at radius 1 is 1.33 bits per heavy atom. The number of aromatic nitrogens is 3. The van der Waals surface area contributed by atoms with E-state index in [9.17, 15) is 5.26 Å². The van der Waals surface area contributed by atoms with E-state index in [1.54, 1.807) is 12.3 Å². The minimum absolute atomic E-state index is 0.364. The summed E-state index contributed by atoms with van der Waals surface area (Å²) in [7, 11) is 0. The molecule has 1 saturated heterocycles. The quantitative estimate of drug-likeness (QED) is 0.732. The molecule has 0 aliphatic carbocycles. The second-order valence-corrected chi connectivity index (χ2v) is 6.49. The fourth-order valence-electron chi connectivity index (χ4n) is 3.39. The Kier molecular flexibility index (Phi) is 3.83. The van der Waals surface area contributed by atoms with Crippen molar-refractivity contribution in [2.45, 2.75) is 25.4 Å². The normalized spacial score (nSPS) is 17.3. The van der Waals surface area contributed by atoms with Gasteiger partial charge in [-0.3, -0.25) is 0 Å². The number of fused-ring (bicyclic) bond motifs is 1. The lowest BCUT2D eigenvalue weighted by Crippen LogP contribution is -2.33. The molecule has 4 rings (SSSR count). The number of nitriles is 1. The first-order chi connectivity index (χ1) is 11.7. The molecule has 1 atom stereocenters. The molecule has 1 aromatic carbocycles. The smallest absolute Gasteiger partial charge is 0.130 e. The maximum atomic E-state index is 9.52. The first-order valence-electron chi connectivity index (χ1n) is 7.97. The minimum Gasteiger partial charge on any atom is -0.352 e. The Bertz CT molecular complexity index is 913. The molecule has 24 heavy (non-hydrogen) atoms. The van der Waals surface area contributed by atoms with Gasteiger partial charge in [0.2, 0.25) is 0 Å². The number of anilines is 1. The molecule has 6 heteroatoms. The van der Waals surface area contributed by atoms with Crippen LogP contribution >= 0.6 is 11.6 Å². The summed E-state index contributed by atoms with van der Waals surface area (Å²) < 4.78 is 2.09. The molecule has 0 saturated carbocycles. The summed E-state index contributed by atoms with van der Waals surface area (Å²) in [6.07, 6.45) is 7.85. The van der Waals surface area contributed by atoms with E-state index >= 15 is 0 Å². The molecule has 3 aromatic rings. The lowest BCUT2D eigenvalue weighted by Gasteiger charge is -2.26. The summed E-state index contributed by atoms with van der Waals surface area (Å²) in [4.78, 5) is 11.2. The van der Waals surface area contributed by atoms with Gasteiger partial charge < -0.3 is 9.47 Å². The zero-order valence-corrected chi connectivity index (χ0v) is 13.8. The van der Waals surface area contributed by atoms with Crippen LogP contribution in [-0.2, 0) is 6.54 Å². The zero-order valence-electron chi connectivity index (χ0n) is 13.1. The van der Waals surface area contributed by atoms with Gasteiger partial charge in [0.15, 0.2) is 0 Å². The summed E-state index contributed by atoms with van der Waals surface area (Å²) in [5.74, 6) is 0.865. The lowest BCUT2D eigenvalue weighted by atomic mass is 10.1. The van der Waals surface area contributed by atoms with Gasteiger partial charge in [0.05, 0.1) is 23.5 Å². The zero-order chi connectivity index (χ0) is 16.5. The number of hydrogen-bond acceptors (Lipinski definition) is 4. The fourth-order valence-corrected chi connectivity index (χ4v) is 3.56. The number of pyridine rings is 1. The van der Waals surface area contributed by atoms with Gasteiger partial charge in [0.25, 0.3) is 0 Å². The van der Waals surface area contributed by atoms with Crippen molar-refractivity contribution in [2.24, 2.45) is 0 Å². The number of halogens is 1. The topological polar surface area (TPSA) is 57.7 Å². The molecule has 1 fully saturated rings. The molecule has 1 aliphatic rings. The molecular formula is C18H16ClN5. The van der Waals surface area contributed by atoms with Gasteiger partial charge in [-0.1, -0.05) is 11.6 Å². The highest BCUT2D eigenvalue weighted by atomic mass is 35.5. The van der Waals surface area contributed by atoms with Gasteiger partial charge in [-0.15, -0.1) is 0 Å². The van der Waals surface area contributed by atoms with Crippen molar-refractivity contribution in [3.8, 4) is 6.07 Å². The standard InChI is InChI=1S/C18H16ClN5/c19-14-3-4-17-16(9-14)13(10-20)8-18(22-17)24-6-1-2-15(24)11-23-7-5-21-12-23/h3-5,7-9,12,15H,1-2,6,11H2. The van der Waals surface area contributed by atoms with Crippen LogP contribution in [0.25, 0.3) is 10.9 Å². The maximum absolute atomic E-state index is 9.52. The SMILES string of the molecule is N#Cc1cc(N2CCCC2Cn2ccnc2)nc2ccc(Cl)cc12. The van der Waals surface area contributed by atoms with Crippen molar-refractivity contribution in [3.05, 3.63) is 53.6 Å². The first-order valence-corrected chi connectivity index (χ1v) is 8.35. The Hall–Kier alpha value is -2.58. The van der Waals surface area contributed by atoms with Gasteiger partial charge >= 0.3 is 0 Å². The molecule has 0 amide bonds. The van der Waals surface area contributed by atoms with Crippen molar-refractivity contribution in [2.75, 3.05) is 11.4 Å². The molecule has 120 valence electrons. The third-order valence-electron chi connectivity index (χ3n) is 4.53. The number of rotatable bonds is 3. The third kappa shape index (κ3) is 2.70. The first kappa shape index (κ1) is 15.0. The lowest BCUT2D eigenvalue weighted by molar-refractivity contribution is 0.547. The van der Waals surface area contributed by atoms with E-state index in [0.29, 0.717) is 16.6 Å². The summed E-state index contributed by atoms with van der Waals surface area (Å²) in [6.45, 7) is 1.83. The van der Waals surface area contributed by atoms with Crippen LogP contribution in [0.2, 0.25) is 5.02 Å². The Morgan fingerprint density at radius 2 is 2.25 bits per heavy atom. The van der Waals surface area contributed by atoms with Crippen LogP contribution in [0.1, 0.15) is 18.4 Å². The molecule has 0 bridgehead atoms. The third-order valence-corrected chi connectivity index (χ3v) is 4.76. The predicted molar refractivity (Wildman–Crippen MR) is 94.1 cm³/mol. The Labute approximate surface area is 145 Å². The average molecular weight is 338 g/mol. The van der Waals surface area contributed by atoms with Gasteiger partial charge in [-0.05, 0) is 37.1 Å². The average Bonchev–Trinajstić information content (AvgIpc) is 3.26. The molecule has 1 unspecified atom stereocenters. The van der Waals surface area contributed by atoms with Crippen molar-refractivity contribution in [3.63, 3.8) is 0 Å². The monoisotopic (exact) mass is 337 g/mol. The largest absolute Gasteiger partial charge is 0.352 e. The Balaban J connectivity index is 1.72. The molecule has 2 aromatic heterocycles. The predicted octanol–water partition coefficient (Wildman–Crippen LogP) is 3.63. The highest BCUT2D eigenvalue weighted by molar-refractivity contribution is 6.31. The van der Waals surface area contributed by atoms with E-state index in [-0.39, 0.29) is 0 Å². The summed E-state index contributed by atoms with van der Waals surface area (Å²) in [6, 6.07) is 10.0. The summed E-state index contributed by atoms with van der Waals surface area (Å²) in [5.41, 5.74) is 1.42. The van der Waals surface area contributed by atoms with Crippen LogP contribution in [0.5, 0.6) is 0 Å². The summed E-state index contributed by atoms with van der Waals surface area (Å²) >= 11 is 6.06. The van der Waals surface area contributed by atoms with Crippen LogP contribution in [0, 0.1) is 11.3 Å². The highest BCUT2D eigenvalue weighted by Crippen LogP contribution is 2.30. The van der Waals surface area contributed by atoms with Gasteiger partial charge in [0.1, 0.15) is 5.82 Å². The fraction of sp³-hybridized carbons (Fsp3) is 0.278. The van der Waals surface area contributed by atoms with Gasteiger partial charge in [0, 0.05) is 41.9 Å². The minimum atomic E-state index is 0.364. The molecule has 0 N–H and O–H groups in total. The van der Waals surface area contributed by atoms with E-state index in [4.69, 9.17) is 16.6 Å². The number of hydrogen-bond donors (Lipinski definition) is 0. The van der Waals surface area contributed by atoms with Crippen molar-refractivity contribution < 1.29 is 0 Å². The van der Waals surface area contributed by atoms with Gasteiger partial charge in [-0.2, -0.15) is 5.26 Å². The highest BCUT2D eigenvalue weighted by Gasteiger charge is 2.26. The van der Waals surface area contributed by atoms with E-state index in [2.05, 4.69) is 20.5 Å². The summed E-state index contributed by atoms with van der Waals surface area (Å²) in [5, 5.41) is 10.9. The van der Waals surface area contributed by atoms with E-state index < -0.39 is 0 Å². The second kappa shape index (κ2) is 6.14. The van der Waals surface area contributed by atoms with Crippen molar-refractivity contribution in [1.29, 1.82) is 5.26 Å². The van der Waals surface area contributed by atoms with Crippen molar-refractivity contribution in [1.82, 2.24) is 14.5 Å². The van der Waals surface area contributed by atoms with Crippen LogP contribution < -0.4 is 4.90 Å². The van der Waals surface area contributed by atoms with Gasteiger partial charge in [-0.25, -0.2) is 9.97 Å². The molecule has 0 spiro atoms. The number of benzene rings is 1. The van der Waals surface area contributed by atoms with Crippen LogP contribution in [-0.4, -0.2) is 27.1 Å². The second-order valence-electron chi connectivity index (χ2n) is 6.05. The van der Waals surface area contributed by atoms with E-state index in [1.165, 1.54) is 0 Å². The van der Waals surface area contributed by atoms with Crippen LogP contribution in [0.4, 0.5) is 5.82 Å². The molecule has 0 radical (unpaired) electrons. The van der Waals surface area contributed by atoms with Crippen LogP contribution in [0.3, 0.4) is 0 Å². The van der Waals surface area contributed by atoms with Crippen LogP contribution in [0.15, 0.2) is 43.0 Å². The number of nitrogens with zero attached hydrogens (tertiary/aromatic N) is 5. The van der Waals surface area contributed by atoms with Crippen molar-refractivity contribution >= 4 is 28.3 Å². The molecule has 3 heterocycles. The number of imidazole rings is 1. The molecular weight excluding hydrogens is 322 g/mol. The molecule has 1 aliphatic heterocycles.